The number of thiophene rings is 1. The standard InChI is InChI=1S/C18H17NO2S/c20-16(17-9-4-10-22-17)12-19-18(21)11-14-7-3-6-13-5-1-2-8-15(13)14/h1-10,16,20H,11-12H2,(H,19,21). The number of fused-ring (bicyclic) bond motifs is 1. The van der Waals surface area contributed by atoms with Gasteiger partial charge in [-0.15, -0.1) is 11.3 Å². The number of aliphatic hydroxyl groups is 1. The van der Waals surface area contributed by atoms with Crippen molar-refractivity contribution >= 4 is 28.0 Å². The summed E-state index contributed by atoms with van der Waals surface area (Å²) in [6.45, 7) is 0.240. The Kier molecular flexibility index (Phi) is 4.51. The molecule has 0 spiro atoms. The molecule has 4 heteroatoms. The van der Waals surface area contributed by atoms with Crippen molar-refractivity contribution in [2.24, 2.45) is 0 Å². The Morgan fingerprint density at radius 1 is 1.09 bits per heavy atom. The predicted octanol–water partition coefficient (Wildman–Crippen LogP) is 3.29. The van der Waals surface area contributed by atoms with Gasteiger partial charge in [0.25, 0.3) is 0 Å². The van der Waals surface area contributed by atoms with E-state index in [0.29, 0.717) is 6.42 Å². The van der Waals surface area contributed by atoms with Gasteiger partial charge >= 0.3 is 0 Å². The van der Waals surface area contributed by atoms with Crippen LogP contribution in [0.4, 0.5) is 0 Å². The topological polar surface area (TPSA) is 49.3 Å². The Balaban J connectivity index is 1.64. The van der Waals surface area contributed by atoms with Crippen LogP contribution in [-0.2, 0) is 11.2 Å². The minimum absolute atomic E-state index is 0.0769. The smallest absolute Gasteiger partial charge is 0.224 e. The second kappa shape index (κ2) is 6.73. The van der Waals surface area contributed by atoms with E-state index in [0.717, 1.165) is 21.2 Å². The number of benzene rings is 2. The molecule has 0 aliphatic carbocycles. The molecule has 2 aromatic carbocycles. The molecular formula is C18H17NO2S. The monoisotopic (exact) mass is 311 g/mol. The summed E-state index contributed by atoms with van der Waals surface area (Å²) in [6, 6.07) is 17.8. The van der Waals surface area contributed by atoms with Crippen LogP contribution in [0.3, 0.4) is 0 Å². The second-order valence-electron chi connectivity index (χ2n) is 5.15. The summed E-state index contributed by atoms with van der Waals surface area (Å²) in [7, 11) is 0. The number of aliphatic hydroxyl groups excluding tert-OH is 1. The van der Waals surface area contributed by atoms with E-state index in [1.54, 1.807) is 0 Å². The molecule has 2 N–H and O–H groups in total. The van der Waals surface area contributed by atoms with Crippen molar-refractivity contribution in [3.63, 3.8) is 0 Å². The Bertz CT molecular complexity index is 762. The van der Waals surface area contributed by atoms with E-state index in [4.69, 9.17) is 0 Å². The number of nitrogens with one attached hydrogen (secondary N) is 1. The summed E-state index contributed by atoms with van der Waals surface area (Å²) in [5.41, 5.74) is 1.00. The van der Waals surface area contributed by atoms with Crippen LogP contribution in [0.1, 0.15) is 16.5 Å². The first-order chi connectivity index (χ1) is 10.7. The molecule has 1 aromatic heterocycles. The van der Waals surface area contributed by atoms with Gasteiger partial charge in [-0.1, -0.05) is 48.5 Å². The lowest BCUT2D eigenvalue weighted by atomic mass is 10.0. The summed E-state index contributed by atoms with van der Waals surface area (Å²) in [6.07, 6.45) is -0.324. The van der Waals surface area contributed by atoms with Crippen LogP contribution in [0.5, 0.6) is 0 Å². The molecule has 3 nitrogen and oxygen atoms in total. The third-order valence-electron chi connectivity index (χ3n) is 3.60. The first-order valence-electron chi connectivity index (χ1n) is 7.19. The van der Waals surface area contributed by atoms with Crippen LogP contribution < -0.4 is 5.32 Å². The van der Waals surface area contributed by atoms with Crippen molar-refractivity contribution in [3.05, 3.63) is 70.4 Å². The Morgan fingerprint density at radius 2 is 1.91 bits per heavy atom. The molecule has 0 bridgehead atoms. The predicted molar refractivity (Wildman–Crippen MR) is 89.9 cm³/mol. The maximum Gasteiger partial charge on any atom is 0.224 e. The number of rotatable bonds is 5. The quantitative estimate of drug-likeness (QED) is 0.759. The van der Waals surface area contributed by atoms with Gasteiger partial charge in [-0.25, -0.2) is 0 Å². The van der Waals surface area contributed by atoms with Gasteiger partial charge in [0.15, 0.2) is 0 Å². The summed E-state index contributed by atoms with van der Waals surface area (Å²) in [5.74, 6) is -0.0769. The van der Waals surface area contributed by atoms with Gasteiger partial charge in [-0.05, 0) is 27.8 Å². The molecule has 0 saturated heterocycles. The Labute approximate surface area is 133 Å². The van der Waals surface area contributed by atoms with Gasteiger partial charge in [0, 0.05) is 11.4 Å². The highest BCUT2D eigenvalue weighted by molar-refractivity contribution is 7.10. The maximum atomic E-state index is 12.1. The summed E-state index contributed by atoms with van der Waals surface area (Å²) >= 11 is 1.49. The summed E-state index contributed by atoms with van der Waals surface area (Å²) in [4.78, 5) is 13.0. The van der Waals surface area contributed by atoms with Crippen LogP contribution in [0.2, 0.25) is 0 Å². The molecule has 1 atom stereocenters. The Morgan fingerprint density at radius 3 is 2.73 bits per heavy atom. The van der Waals surface area contributed by atoms with Crippen LogP contribution >= 0.6 is 11.3 Å². The minimum atomic E-state index is -0.642. The van der Waals surface area contributed by atoms with Crippen LogP contribution in [0.25, 0.3) is 10.8 Å². The SMILES string of the molecule is O=C(Cc1cccc2ccccc12)NCC(O)c1cccs1. The van der Waals surface area contributed by atoms with Crippen molar-refractivity contribution in [1.82, 2.24) is 5.32 Å². The molecule has 0 radical (unpaired) electrons. The van der Waals surface area contributed by atoms with E-state index in [1.165, 1.54) is 11.3 Å². The highest BCUT2D eigenvalue weighted by Crippen LogP contribution is 2.20. The van der Waals surface area contributed by atoms with Crippen molar-refractivity contribution in [2.75, 3.05) is 6.54 Å². The molecular weight excluding hydrogens is 294 g/mol. The largest absolute Gasteiger partial charge is 0.386 e. The molecule has 0 fully saturated rings. The average molecular weight is 311 g/mol. The first-order valence-corrected chi connectivity index (χ1v) is 8.07. The molecule has 112 valence electrons. The Hall–Kier alpha value is -2.17. The molecule has 0 aliphatic rings. The molecule has 1 unspecified atom stereocenters. The highest BCUT2D eigenvalue weighted by atomic mass is 32.1. The molecule has 1 amide bonds. The average Bonchev–Trinajstić information content (AvgIpc) is 3.07. The molecule has 1 heterocycles. The van der Waals surface area contributed by atoms with Crippen LogP contribution in [-0.4, -0.2) is 17.6 Å². The molecule has 3 aromatic rings. The molecule has 3 rings (SSSR count). The fraction of sp³-hybridized carbons (Fsp3) is 0.167. The number of carbonyl (C=O) groups is 1. The number of hydrogen-bond acceptors (Lipinski definition) is 3. The van der Waals surface area contributed by atoms with E-state index < -0.39 is 6.10 Å². The van der Waals surface area contributed by atoms with Gasteiger partial charge in [0.1, 0.15) is 6.10 Å². The lowest BCUT2D eigenvalue weighted by Crippen LogP contribution is -2.29. The minimum Gasteiger partial charge on any atom is -0.386 e. The van der Waals surface area contributed by atoms with Crippen molar-refractivity contribution in [1.29, 1.82) is 0 Å². The lowest BCUT2D eigenvalue weighted by Gasteiger charge is -2.11. The van der Waals surface area contributed by atoms with Crippen LogP contribution in [0, 0.1) is 0 Å². The van der Waals surface area contributed by atoms with Crippen LogP contribution in [0.15, 0.2) is 60.0 Å². The van der Waals surface area contributed by atoms with E-state index in [2.05, 4.69) is 5.32 Å². The van der Waals surface area contributed by atoms with E-state index in [-0.39, 0.29) is 12.5 Å². The van der Waals surface area contributed by atoms with Gasteiger partial charge in [-0.2, -0.15) is 0 Å². The first kappa shape index (κ1) is 14.8. The highest BCUT2D eigenvalue weighted by Gasteiger charge is 2.11. The zero-order valence-corrected chi connectivity index (χ0v) is 12.8. The number of hydrogen-bond donors (Lipinski definition) is 2. The fourth-order valence-electron chi connectivity index (χ4n) is 2.47. The summed E-state index contributed by atoms with van der Waals surface area (Å²) in [5, 5.41) is 16.9. The van der Waals surface area contributed by atoms with E-state index >= 15 is 0 Å². The molecule has 0 aliphatic heterocycles. The van der Waals surface area contributed by atoms with Gasteiger partial charge in [0.2, 0.25) is 5.91 Å². The molecule has 22 heavy (non-hydrogen) atoms. The van der Waals surface area contributed by atoms with E-state index in [1.807, 2.05) is 60.0 Å². The number of carbonyl (C=O) groups excluding carboxylic acids is 1. The van der Waals surface area contributed by atoms with Crippen molar-refractivity contribution in [3.8, 4) is 0 Å². The number of amides is 1. The third-order valence-corrected chi connectivity index (χ3v) is 4.57. The van der Waals surface area contributed by atoms with Crippen molar-refractivity contribution < 1.29 is 9.90 Å². The lowest BCUT2D eigenvalue weighted by molar-refractivity contribution is -0.120. The van der Waals surface area contributed by atoms with Gasteiger partial charge < -0.3 is 10.4 Å². The van der Waals surface area contributed by atoms with E-state index in [9.17, 15) is 9.90 Å². The molecule has 0 saturated carbocycles. The van der Waals surface area contributed by atoms with Gasteiger partial charge in [0.05, 0.1) is 6.42 Å². The van der Waals surface area contributed by atoms with Crippen molar-refractivity contribution in [2.45, 2.75) is 12.5 Å². The second-order valence-corrected chi connectivity index (χ2v) is 6.13. The fourth-order valence-corrected chi connectivity index (χ4v) is 3.19. The normalized spacial score (nSPS) is 12.2. The zero-order chi connectivity index (χ0) is 15.4. The third kappa shape index (κ3) is 3.35. The maximum absolute atomic E-state index is 12.1. The zero-order valence-electron chi connectivity index (χ0n) is 12.0. The van der Waals surface area contributed by atoms with Gasteiger partial charge in [-0.3, -0.25) is 4.79 Å². The summed E-state index contributed by atoms with van der Waals surface area (Å²) < 4.78 is 0.